The number of rotatable bonds is 7. The highest BCUT2D eigenvalue weighted by Gasteiger charge is 2.11. The van der Waals surface area contributed by atoms with Gasteiger partial charge >= 0.3 is 5.97 Å². The summed E-state index contributed by atoms with van der Waals surface area (Å²) < 4.78 is 5.16. The molecule has 0 spiro atoms. The number of nitrogens with two attached hydrogens (primary N) is 1. The second-order valence-electron chi connectivity index (χ2n) is 4.31. The highest BCUT2D eigenvalue weighted by Crippen LogP contribution is 2.17. The summed E-state index contributed by atoms with van der Waals surface area (Å²) in [5.74, 6) is -0.363. The van der Waals surface area contributed by atoms with Crippen LogP contribution < -0.4 is 5.73 Å². The molecule has 0 aliphatic carbocycles. The van der Waals surface area contributed by atoms with Crippen LogP contribution in [0.3, 0.4) is 0 Å². The number of carbonyl (C=O) groups excluding carboxylic acids is 1. The van der Waals surface area contributed by atoms with Crippen molar-refractivity contribution in [1.29, 1.82) is 0 Å². The minimum atomic E-state index is -0.363. The molecule has 3 N–H and O–H groups in total. The van der Waals surface area contributed by atoms with Crippen LogP contribution in [0.1, 0.15) is 41.6 Å². The molecule has 0 bridgehead atoms. The lowest BCUT2D eigenvalue weighted by molar-refractivity contribution is 0.0498. The van der Waals surface area contributed by atoms with Crippen molar-refractivity contribution in [3.63, 3.8) is 0 Å². The predicted molar refractivity (Wildman–Crippen MR) is 71.4 cm³/mol. The van der Waals surface area contributed by atoms with Crippen LogP contribution in [0.4, 0.5) is 5.69 Å². The summed E-state index contributed by atoms with van der Waals surface area (Å²) in [5, 5.41) is 8.62. The van der Waals surface area contributed by atoms with E-state index in [1.165, 1.54) is 0 Å². The summed E-state index contributed by atoms with van der Waals surface area (Å²) in [6.45, 7) is 2.48. The van der Waals surface area contributed by atoms with Crippen LogP contribution in [0.5, 0.6) is 0 Å². The van der Waals surface area contributed by atoms with E-state index in [2.05, 4.69) is 0 Å². The summed E-state index contributed by atoms with van der Waals surface area (Å²) in [6, 6.07) is 5.33. The second kappa shape index (κ2) is 7.71. The zero-order chi connectivity index (χ0) is 13.4. The molecule has 1 aromatic rings. The third-order valence-electron chi connectivity index (χ3n) is 2.83. The summed E-state index contributed by atoms with van der Waals surface area (Å²) in [5.41, 5.74) is 7.63. The lowest BCUT2D eigenvalue weighted by atomic mass is 10.1. The number of ether oxygens (including phenoxy) is 1. The van der Waals surface area contributed by atoms with Crippen molar-refractivity contribution in [2.24, 2.45) is 0 Å². The minimum Gasteiger partial charge on any atom is -0.462 e. The van der Waals surface area contributed by atoms with Crippen LogP contribution in [0.2, 0.25) is 0 Å². The lowest BCUT2D eigenvalue weighted by Crippen LogP contribution is -2.10. The predicted octanol–water partition coefficient (Wildman–Crippen LogP) is 2.29. The molecule has 100 valence electrons. The fraction of sp³-hybridized carbons (Fsp3) is 0.500. The Labute approximate surface area is 108 Å². The fourth-order valence-electron chi connectivity index (χ4n) is 1.67. The first-order chi connectivity index (χ1) is 8.66. The van der Waals surface area contributed by atoms with Crippen molar-refractivity contribution in [2.45, 2.75) is 32.6 Å². The molecule has 0 saturated carbocycles. The molecule has 18 heavy (non-hydrogen) atoms. The molecular weight excluding hydrogens is 230 g/mol. The summed E-state index contributed by atoms with van der Waals surface area (Å²) in [6.07, 6.45) is 3.54. The third-order valence-corrected chi connectivity index (χ3v) is 2.83. The Balaban J connectivity index is 2.35. The molecule has 0 saturated heterocycles. The highest BCUT2D eigenvalue weighted by molar-refractivity contribution is 5.95. The van der Waals surface area contributed by atoms with Crippen molar-refractivity contribution >= 4 is 11.7 Å². The van der Waals surface area contributed by atoms with E-state index in [0.717, 1.165) is 31.2 Å². The number of carbonyl (C=O) groups is 1. The average molecular weight is 251 g/mol. The Kier molecular flexibility index (Phi) is 6.22. The van der Waals surface area contributed by atoms with Gasteiger partial charge in [-0.3, -0.25) is 0 Å². The fourth-order valence-corrected chi connectivity index (χ4v) is 1.67. The topological polar surface area (TPSA) is 72.5 Å². The van der Waals surface area contributed by atoms with Crippen molar-refractivity contribution < 1.29 is 14.6 Å². The number of hydrogen-bond donors (Lipinski definition) is 2. The zero-order valence-electron chi connectivity index (χ0n) is 10.8. The molecule has 0 amide bonds. The molecule has 0 aromatic heterocycles. The quantitative estimate of drug-likeness (QED) is 0.443. The molecule has 0 heterocycles. The smallest absolute Gasteiger partial charge is 0.340 e. The Morgan fingerprint density at radius 1 is 1.28 bits per heavy atom. The van der Waals surface area contributed by atoms with Gasteiger partial charge in [0.15, 0.2) is 0 Å². The Morgan fingerprint density at radius 2 is 2.00 bits per heavy atom. The normalized spacial score (nSPS) is 10.3. The van der Waals surface area contributed by atoms with E-state index >= 15 is 0 Å². The van der Waals surface area contributed by atoms with E-state index < -0.39 is 0 Å². The first kappa shape index (κ1) is 14.5. The van der Waals surface area contributed by atoms with Gasteiger partial charge in [0.25, 0.3) is 0 Å². The van der Waals surface area contributed by atoms with Gasteiger partial charge in [-0.25, -0.2) is 4.79 Å². The number of aryl methyl sites for hydroxylation is 1. The van der Waals surface area contributed by atoms with Gasteiger partial charge in [0.1, 0.15) is 0 Å². The van der Waals surface area contributed by atoms with E-state index in [1.54, 1.807) is 12.1 Å². The van der Waals surface area contributed by atoms with E-state index in [9.17, 15) is 4.79 Å². The number of nitrogen functional groups attached to an aromatic ring is 1. The molecule has 0 fully saturated rings. The maximum absolute atomic E-state index is 11.8. The first-order valence-electron chi connectivity index (χ1n) is 6.30. The SMILES string of the molecule is Cc1cccc(C(=O)OCCCCCCO)c1N. The molecular formula is C14H21NO3. The van der Waals surface area contributed by atoms with Gasteiger partial charge in [0.2, 0.25) is 0 Å². The largest absolute Gasteiger partial charge is 0.462 e. The van der Waals surface area contributed by atoms with Crippen molar-refractivity contribution in [2.75, 3.05) is 18.9 Å². The number of aliphatic hydroxyl groups excluding tert-OH is 1. The van der Waals surface area contributed by atoms with E-state index in [4.69, 9.17) is 15.6 Å². The maximum Gasteiger partial charge on any atom is 0.340 e. The number of para-hydroxylation sites is 1. The number of unbranched alkanes of at least 4 members (excludes halogenated alkanes) is 3. The molecule has 1 aromatic carbocycles. The van der Waals surface area contributed by atoms with Gasteiger partial charge in [-0.05, 0) is 37.8 Å². The monoisotopic (exact) mass is 251 g/mol. The summed E-state index contributed by atoms with van der Waals surface area (Å²) >= 11 is 0. The van der Waals surface area contributed by atoms with Gasteiger partial charge in [-0.1, -0.05) is 18.6 Å². The highest BCUT2D eigenvalue weighted by atomic mass is 16.5. The molecule has 0 atom stereocenters. The van der Waals surface area contributed by atoms with Gasteiger partial charge in [-0.2, -0.15) is 0 Å². The van der Waals surface area contributed by atoms with Crippen LogP contribution >= 0.6 is 0 Å². The average Bonchev–Trinajstić information content (AvgIpc) is 2.36. The Morgan fingerprint density at radius 3 is 2.72 bits per heavy atom. The number of benzene rings is 1. The second-order valence-corrected chi connectivity index (χ2v) is 4.31. The van der Waals surface area contributed by atoms with Crippen LogP contribution in [-0.2, 0) is 4.74 Å². The number of anilines is 1. The van der Waals surface area contributed by atoms with E-state index in [0.29, 0.717) is 17.9 Å². The molecule has 0 aliphatic rings. The number of hydrogen-bond acceptors (Lipinski definition) is 4. The molecule has 0 unspecified atom stereocenters. The van der Waals surface area contributed by atoms with Gasteiger partial charge < -0.3 is 15.6 Å². The zero-order valence-corrected chi connectivity index (χ0v) is 10.8. The molecule has 0 aliphatic heterocycles. The molecule has 4 nitrogen and oxygen atoms in total. The molecule has 0 radical (unpaired) electrons. The van der Waals surface area contributed by atoms with Gasteiger partial charge in [0, 0.05) is 12.3 Å². The van der Waals surface area contributed by atoms with Crippen LogP contribution in [0, 0.1) is 6.92 Å². The molecule has 4 heteroatoms. The van der Waals surface area contributed by atoms with Crippen molar-refractivity contribution in [1.82, 2.24) is 0 Å². The Hall–Kier alpha value is -1.55. The number of esters is 1. The molecule has 1 rings (SSSR count). The van der Waals surface area contributed by atoms with Gasteiger partial charge in [-0.15, -0.1) is 0 Å². The minimum absolute atomic E-state index is 0.222. The van der Waals surface area contributed by atoms with E-state index in [-0.39, 0.29) is 12.6 Å². The standard InChI is InChI=1S/C14H21NO3/c1-11-7-6-8-12(13(11)15)14(17)18-10-5-3-2-4-9-16/h6-8,16H,2-5,9-10,15H2,1H3. The summed E-state index contributed by atoms with van der Waals surface area (Å²) in [7, 11) is 0. The van der Waals surface area contributed by atoms with Crippen molar-refractivity contribution in [3.8, 4) is 0 Å². The van der Waals surface area contributed by atoms with Crippen LogP contribution in [0.15, 0.2) is 18.2 Å². The maximum atomic E-state index is 11.8. The Bertz CT molecular complexity index is 391. The van der Waals surface area contributed by atoms with Crippen LogP contribution in [-0.4, -0.2) is 24.3 Å². The first-order valence-corrected chi connectivity index (χ1v) is 6.30. The van der Waals surface area contributed by atoms with Crippen molar-refractivity contribution in [3.05, 3.63) is 29.3 Å². The summed E-state index contributed by atoms with van der Waals surface area (Å²) in [4.78, 5) is 11.8. The lowest BCUT2D eigenvalue weighted by Gasteiger charge is -2.08. The van der Waals surface area contributed by atoms with E-state index in [1.807, 2.05) is 13.0 Å². The number of aliphatic hydroxyl groups is 1. The van der Waals surface area contributed by atoms with Crippen LogP contribution in [0.25, 0.3) is 0 Å². The third kappa shape index (κ3) is 4.37. The van der Waals surface area contributed by atoms with Gasteiger partial charge in [0.05, 0.1) is 12.2 Å².